The molecule has 0 amide bonds. The highest BCUT2D eigenvalue weighted by Crippen LogP contribution is 2.50. The van der Waals surface area contributed by atoms with Crippen LogP contribution >= 0.6 is 8.37 Å². The average Bonchev–Trinajstić information content (AvgIpc) is 2.45. The molecule has 0 N–H and O–H groups in total. The lowest BCUT2D eigenvalue weighted by molar-refractivity contribution is 0.451. The van der Waals surface area contributed by atoms with Gasteiger partial charge in [-0.1, -0.05) is 13.8 Å². The van der Waals surface area contributed by atoms with Gasteiger partial charge in [0.25, 0.3) is 0 Å². The summed E-state index contributed by atoms with van der Waals surface area (Å²) in [4.78, 5) is 4.83. The van der Waals surface area contributed by atoms with Gasteiger partial charge in [0.05, 0.1) is 12.1 Å². The summed E-state index contributed by atoms with van der Waals surface area (Å²) in [7, 11) is 4.02. The summed E-state index contributed by atoms with van der Waals surface area (Å²) in [5.41, 5.74) is 0.0129. The molecule has 1 heterocycles. The van der Waals surface area contributed by atoms with E-state index < -0.39 is 0 Å². The highest BCUT2D eigenvalue weighted by Gasteiger charge is 2.35. The molecule has 0 spiro atoms. The van der Waals surface area contributed by atoms with Crippen molar-refractivity contribution in [2.24, 2.45) is 4.99 Å². The molecule has 5 heteroatoms. The molecule has 1 unspecified atom stereocenters. The third-order valence-corrected chi connectivity index (χ3v) is 5.36. The van der Waals surface area contributed by atoms with E-state index in [2.05, 4.69) is 62.7 Å². The van der Waals surface area contributed by atoms with E-state index in [1.54, 1.807) is 0 Å². The molecule has 0 bridgehead atoms. The Morgan fingerprint density at radius 2 is 1.76 bits per heavy atom. The van der Waals surface area contributed by atoms with Gasteiger partial charge in [-0.2, -0.15) is 0 Å². The second kappa shape index (κ2) is 5.64. The van der Waals surface area contributed by atoms with E-state index in [0.717, 1.165) is 19.6 Å². The van der Waals surface area contributed by atoms with Crippen molar-refractivity contribution in [3.8, 4) is 0 Å². The highest BCUT2D eigenvalue weighted by molar-refractivity contribution is 7.51. The van der Waals surface area contributed by atoms with Gasteiger partial charge in [0, 0.05) is 20.1 Å². The van der Waals surface area contributed by atoms with Crippen molar-refractivity contribution in [3.05, 3.63) is 0 Å². The maximum absolute atomic E-state index is 4.83. The predicted molar refractivity (Wildman–Crippen MR) is 77.4 cm³/mol. The van der Waals surface area contributed by atoms with Gasteiger partial charge in [-0.15, -0.1) is 0 Å². The van der Waals surface area contributed by atoms with Gasteiger partial charge in [0.2, 0.25) is 0 Å². The SMILES string of the molecule is CCN(CC)P1N(C)CC(=NC(C)(C)C)N1C. The molecular weight excluding hydrogens is 231 g/mol. The van der Waals surface area contributed by atoms with Crippen molar-refractivity contribution in [1.82, 2.24) is 14.0 Å². The zero-order chi connectivity index (χ0) is 13.2. The molecule has 100 valence electrons. The zero-order valence-electron chi connectivity index (χ0n) is 12.4. The molecule has 1 saturated heterocycles. The number of hydrogen-bond acceptors (Lipinski definition) is 3. The molecule has 0 aromatic carbocycles. The van der Waals surface area contributed by atoms with Gasteiger partial charge in [-0.3, -0.25) is 9.66 Å². The van der Waals surface area contributed by atoms with Crippen LogP contribution in [0.4, 0.5) is 0 Å². The van der Waals surface area contributed by atoms with Crippen LogP contribution < -0.4 is 0 Å². The molecule has 0 saturated carbocycles. The highest BCUT2D eigenvalue weighted by atomic mass is 31.2. The van der Waals surface area contributed by atoms with Crippen molar-refractivity contribution < 1.29 is 0 Å². The summed E-state index contributed by atoms with van der Waals surface area (Å²) in [6.45, 7) is 14.1. The summed E-state index contributed by atoms with van der Waals surface area (Å²) >= 11 is 0. The van der Waals surface area contributed by atoms with Crippen LogP contribution in [0.1, 0.15) is 34.6 Å². The van der Waals surface area contributed by atoms with E-state index in [1.807, 2.05) is 0 Å². The topological polar surface area (TPSA) is 22.1 Å². The number of hydrogen-bond donors (Lipinski definition) is 0. The van der Waals surface area contributed by atoms with E-state index in [1.165, 1.54) is 5.84 Å². The molecular formula is C12H27N4P. The molecule has 1 fully saturated rings. The Morgan fingerprint density at radius 3 is 2.18 bits per heavy atom. The zero-order valence-corrected chi connectivity index (χ0v) is 13.3. The Morgan fingerprint density at radius 1 is 1.24 bits per heavy atom. The minimum atomic E-state index is -0.354. The minimum absolute atomic E-state index is 0.0129. The van der Waals surface area contributed by atoms with Crippen LogP contribution in [0, 0.1) is 0 Å². The number of rotatable bonds is 3. The van der Waals surface area contributed by atoms with Crippen molar-refractivity contribution in [2.45, 2.75) is 40.2 Å². The average molecular weight is 258 g/mol. The Labute approximate surface area is 108 Å². The van der Waals surface area contributed by atoms with E-state index in [-0.39, 0.29) is 13.9 Å². The first-order valence-electron chi connectivity index (χ1n) is 6.38. The second-order valence-corrected chi connectivity index (χ2v) is 7.83. The summed E-state index contributed by atoms with van der Waals surface area (Å²) in [5.74, 6) is 1.22. The standard InChI is InChI=1S/C12H27N4P/c1-8-16(9-2)17-14(6)10-11(15(17)7)13-12(3,4)5/h8-10H2,1-7H3. The van der Waals surface area contributed by atoms with Gasteiger partial charge >= 0.3 is 0 Å². The summed E-state index contributed by atoms with van der Waals surface area (Å²) in [6.07, 6.45) is 0. The monoisotopic (exact) mass is 258 g/mol. The molecule has 1 atom stereocenters. The molecule has 1 aliphatic rings. The maximum atomic E-state index is 4.83. The van der Waals surface area contributed by atoms with Crippen molar-refractivity contribution in [2.75, 3.05) is 33.7 Å². The molecule has 0 aromatic rings. The number of likely N-dealkylation sites (N-methyl/N-ethyl adjacent to an activating group) is 2. The van der Waals surface area contributed by atoms with Crippen molar-refractivity contribution in [3.63, 3.8) is 0 Å². The van der Waals surface area contributed by atoms with Gasteiger partial charge < -0.3 is 4.67 Å². The molecule has 4 nitrogen and oxygen atoms in total. The number of aliphatic imine (C=N–C) groups is 1. The van der Waals surface area contributed by atoms with E-state index >= 15 is 0 Å². The predicted octanol–water partition coefficient (Wildman–Crippen LogP) is 2.63. The Balaban J connectivity index is 2.88. The van der Waals surface area contributed by atoms with Gasteiger partial charge in [0.15, 0.2) is 0 Å². The molecule has 1 aliphatic heterocycles. The quantitative estimate of drug-likeness (QED) is 0.727. The summed E-state index contributed by atoms with van der Waals surface area (Å²) < 4.78 is 7.31. The van der Waals surface area contributed by atoms with Crippen molar-refractivity contribution >= 4 is 14.2 Å². The van der Waals surface area contributed by atoms with Crippen LogP contribution in [0.15, 0.2) is 4.99 Å². The lowest BCUT2D eigenvalue weighted by atomic mass is 10.1. The minimum Gasteiger partial charge on any atom is -0.316 e. The number of amidine groups is 1. The lowest BCUT2D eigenvalue weighted by Gasteiger charge is -2.34. The smallest absolute Gasteiger partial charge is 0.150 e. The van der Waals surface area contributed by atoms with E-state index in [9.17, 15) is 0 Å². The fourth-order valence-corrected chi connectivity index (χ4v) is 4.42. The lowest BCUT2D eigenvalue weighted by Crippen LogP contribution is -2.28. The van der Waals surface area contributed by atoms with Gasteiger partial charge in [0.1, 0.15) is 14.2 Å². The fraction of sp³-hybridized carbons (Fsp3) is 0.917. The summed E-state index contributed by atoms with van der Waals surface area (Å²) in [6, 6.07) is 0. The molecule has 0 aromatic heterocycles. The summed E-state index contributed by atoms with van der Waals surface area (Å²) in [5, 5.41) is 0. The van der Waals surface area contributed by atoms with Crippen LogP contribution in [-0.4, -0.2) is 59.1 Å². The first-order chi connectivity index (χ1) is 7.80. The normalized spacial score (nSPS) is 25.3. The van der Waals surface area contributed by atoms with Gasteiger partial charge in [-0.25, -0.2) is 4.67 Å². The van der Waals surface area contributed by atoms with Crippen LogP contribution in [0.5, 0.6) is 0 Å². The first-order valence-corrected chi connectivity index (χ1v) is 7.58. The Kier molecular flexibility index (Phi) is 4.94. The fourth-order valence-electron chi connectivity index (χ4n) is 2.08. The first kappa shape index (κ1) is 14.9. The third kappa shape index (κ3) is 3.64. The van der Waals surface area contributed by atoms with Crippen LogP contribution in [0.2, 0.25) is 0 Å². The molecule has 0 radical (unpaired) electrons. The van der Waals surface area contributed by atoms with Crippen molar-refractivity contribution in [1.29, 1.82) is 0 Å². The van der Waals surface area contributed by atoms with Crippen LogP contribution in [0.3, 0.4) is 0 Å². The molecule has 1 rings (SSSR count). The second-order valence-electron chi connectivity index (χ2n) is 5.45. The van der Waals surface area contributed by atoms with E-state index in [0.29, 0.717) is 0 Å². The molecule has 0 aliphatic carbocycles. The number of nitrogens with zero attached hydrogens (tertiary/aromatic N) is 4. The van der Waals surface area contributed by atoms with E-state index in [4.69, 9.17) is 4.99 Å². The van der Waals surface area contributed by atoms with Gasteiger partial charge in [-0.05, 0) is 27.8 Å². The van der Waals surface area contributed by atoms with Crippen LogP contribution in [-0.2, 0) is 0 Å². The third-order valence-electron chi connectivity index (χ3n) is 2.77. The largest absolute Gasteiger partial charge is 0.316 e. The van der Waals surface area contributed by atoms with Crippen LogP contribution in [0.25, 0.3) is 0 Å². The molecule has 17 heavy (non-hydrogen) atoms. The Hall–Kier alpha value is -0.180. The Bertz CT molecular complexity index is 281. The maximum Gasteiger partial charge on any atom is 0.150 e.